The number of halogens is 2. The fourth-order valence-corrected chi connectivity index (χ4v) is 2.45. The lowest BCUT2D eigenvalue weighted by molar-refractivity contribution is -0.114. The summed E-state index contributed by atoms with van der Waals surface area (Å²) in [5.74, 6) is 1.27. The molecule has 1 fully saturated rings. The minimum atomic E-state index is -0.123. The first-order chi connectivity index (χ1) is 10.5. The second-order valence-electron chi connectivity index (χ2n) is 5.67. The number of anilines is 1. The molecule has 0 bridgehead atoms. The fourth-order valence-electron chi connectivity index (χ4n) is 2.09. The van der Waals surface area contributed by atoms with Crippen molar-refractivity contribution in [2.75, 3.05) is 18.4 Å². The molecule has 23 heavy (non-hydrogen) atoms. The van der Waals surface area contributed by atoms with Crippen molar-refractivity contribution < 1.29 is 4.79 Å². The van der Waals surface area contributed by atoms with E-state index in [1.165, 1.54) is 0 Å². The minimum absolute atomic E-state index is 0. The van der Waals surface area contributed by atoms with E-state index in [1.54, 1.807) is 0 Å². The third-order valence-electron chi connectivity index (χ3n) is 3.63. The smallest absolute Gasteiger partial charge is 0.246 e. The SMILES string of the molecule is CCNC(=NCC(=O)Nc1cc(Br)ccc1C)NC1CC1C.I. The van der Waals surface area contributed by atoms with Gasteiger partial charge in [0.15, 0.2) is 5.96 Å². The van der Waals surface area contributed by atoms with Crippen molar-refractivity contribution in [3.63, 3.8) is 0 Å². The van der Waals surface area contributed by atoms with Crippen LogP contribution in [0.25, 0.3) is 0 Å². The molecule has 1 saturated carbocycles. The van der Waals surface area contributed by atoms with E-state index < -0.39 is 0 Å². The third kappa shape index (κ3) is 6.66. The molecule has 0 radical (unpaired) electrons. The number of carbonyl (C=O) groups excluding carboxylic acids is 1. The van der Waals surface area contributed by atoms with Gasteiger partial charge in [-0.1, -0.05) is 28.9 Å². The Morgan fingerprint density at radius 3 is 2.74 bits per heavy atom. The molecule has 1 aliphatic carbocycles. The molecule has 2 rings (SSSR count). The van der Waals surface area contributed by atoms with Crippen LogP contribution < -0.4 is 16.0 Å². The average molecular weight is 495 g/mol. The number of nitrogens with one attached hydrogen (secondary N) is 3. The van der Waals surface area contributed by atoms with Gasteiger partial charge in [-0.15, -0.1) is 24.0 Å². The predicted molar refractivity (Wildman–Crippen MR) is 110 cm³/mol. The summed E-state index contributed by atoms with van der Waals surface area (Å²) < 4.78 is 0.939. The highest BCUT2D eigenvalue weighted by molar-refractivity contribution is 14.0. The van der Waals surface area contributed by atoms with Crippen LogP contribution in [0.1, 0.15) is 25.8 Å². The molecule has 0 aromatic heterocycles. The molecule has 0 spiro atoms. The highest BCUT2D eigenvalue weighted by Gasteiger charge is 2.33. The lowest BCUT2D eigenvalue weighted by Crippen LogP contribution is -2.39. The van der Waals surface area contributed by atoms with Crippen LogP contribution in [0, 0.1) is 12.8 Å². The number of hydrogen-bond donors (Lipinski definition) is 3. The van der Waals surface area contributed by atoms with E-state index in [4.69, 9.17) is 0 Å². The Morgan fingerprint density at radius 1 is 1.43 bits per heavy atom. The highest BCUT2D eigenvalue weighted by atomic mass is 127. The molecular formula is C16H24BrIN4O. The summed E-state index contributed by atoms with van der Waals surface area (Å²) in [6, 6.07) is 6.29. The molecule has 0 heterocycles. The Labute approximate surface area is 163 Å². The number of guanidine groups is 1. The van der Waals surface area contributed by atoms with Crippen molar-refractivity contribution in [2.45, 2.75) is 33.2 Å². The molecule has 2 unspecified atom stereocenters. The summed E-state index contributed by atoms with van der Waals surface area (Å²) in [7, 11) is 0. The van der Waals surface area contributed by atoms with Crippen molar-refractivity contribution in [3.05, 3.63) is 28.2 Å². The predicted octanol–water partition coefficient (Wildman–Crippen LogP) is 3.28. The lowest BCUT2D eigenvalue weighted by Gasteiger charge is -2.11. The van der Waals surface area contributed by atoms with E-state index in [0.29, 0.717) is 17.9 Å². The highest BCUT2D eigenvalue weighted by Crippen LogP contribution is 2.28. The molecule has 128 valence electrons. The van der Waals surface area contributed by atoms with Crippen molar-refractivity contribution in [1.29, 1.82) is 0 Å². The number of benzene rings is 1. The van der Waals surface area contributed by atoms with Crippen molar-refractivity contribution >= 4 is 57.5 Å². The summed E-state index contributed by atoms with van der Waals surface area (Å²) >= 11 is 3.41. The molecule has 0 aliphatic heterocycles. The Balaban J connectivity index is 0.00000264. The van der Waals surface area contributed by atoms with Crippen molar-refractivity contribution in [3.8, 4) is 0 Å². The van der Waals surface area contributed by atoms with Gasteiger partial charge in [-0.05, 0) is 43.9 Å². The number of aryl methyl sites for hydroxylation is 1. The van der Waals surface area contributed by atoms with Gasteiger partial charge in [0.05, 0.1) is 0 Å². The number of aliphatic imine (C=N–C) groups is 1. The summed E-state index contributed by atoms with van der Waals surface area (Å²) in [5.41, 5.74) is 1.83. The van der Waals surface area contributed by atoms with E-state index in [-0.39, 0.29) is 36.4 Å². The molecule has 3 N–H and O–H groups in total. The molecule has 2 atom stereocenters. The van der Waals surface area contributed by atoms with Crippen LogP contribution in [0.4, 0.5) is 5.69 Å². The van der Waals surface area contributed by atoms with Crippen LogP contribution in [0.2, 0.25) is 0 Å². The molecular weight excluding hydrogens is 471 g/mol. The number of carbonyl (C=O) groups is 1. The average Bonchev–Trinajstić information content (AvgIpc) is 3.16. The van der Waals surface area contributed by atoms with Gasteiger partial charge in [0.25, 0.3) is 0 Å². The maximum atomic E-state index is 12.1. The molecule has 0 saturated heterocycles. The summed E-state index contributed by atoms with van der Waals surface area (Å²) in [4.78, 5) is 16.4. The van der Waals surface area contributed by atoms with E-state index in [0.717, 1.165) is 28.7 Å². The fraction of sp³-hybridized carbons (Fsp3) is 0.500. The third-order valence-corrected chi connectivity index (χ3v) is 4.12. The van der Waals surface area contributed by atoms with E-state index in [1.807, 2.05) is 32.0 Å². The number of amides is 1. The minimum Gasteiger partial charge on any atom is -0.357 e. The lowest BCUT2D eigenvalue weighted by atomic mass is 10.2. The Bertz CT molecular complexity index is 579. The van der Waals surface area contributed by atoms with Gasteiger partial charge in [-0.25, -0.2) is 4.99 Å². The molecule has 5 nitrogen and oxygen atoms in total. The van der Waals surface area contributed by atoms with E-state index in [9.17, 15) is 4.79 Å². The van der Waals surface area contributed by atoms with Crippen LogP contribution in [0.3, 0.4) is 0 Å². The van der Waals surface area contributed by atoms with Gasteiger partial charge in [0.2, 0.25) is 5.91 Å². The zero-order valence-electron chi connectivity index (χ0n) is 13.6. The Hall–Kier alpha value is -0.830. The van der Waals surface area contributed by atoms with Crippen LogP contribution in [0.5, 0.6) is 0 Å². The van der Waals surface area contributed by atoms with Gasteiger partial charge < -0.3 is 16.0 Å². The monoisotopic (exact) mass is 494 g/mol. The Kier molecular flexibility index (Phi) is 8.32. The largest absolute Gasteiger partial charge is 0.357 e. The number of rotatable bonds is 5. The molecule has 1 aromatic carbocycles. The number of hydrogen-bond acceptors (Lipinski definition) is 2. The normalized spacial score (nSPS) is 19.6. The van der Waals surface area contributed by atoms with E-state index in [2.05, 4.69) is 43.8 Å². The van der Waals surface area contributed by atoms with Gasteiger partial charge in [0, 0.05) is 22.7 Å². The first kappa shape index (κ1) is 20.2. The molecule has 1 aliphatic rings. The standard InChI is InChI=1S/C16H23BrN4O.HI/c1-4-18-16(21-13-7-11(13)3)19-9-15(22)20-14-8-12(17)6-5-10(14)2;/h5-6,8,11,13H,4,7,9H2,1-3H3,(H,20,22)(H2,18,19,21);1H. The quantitative estimate of drug-likeness (QED) is 0.334. The topological polar surface area (TPSA) is 65.5 Å². The van der Waals surface area contributed by atoms with Crippen LogP contribution >= 0.6 is 39.9 Å². The second-order valence-corrected chi connectivity index (χ2v) is 6.58. The van der Waals surface area contributed by atoms with Crippen LogP contribution in [-0.4, -0.2) is 31.0 Å². The molecule has 1 amide bonds. The van der Waals surface area contributed by atoms with E-state index >= 15 is 0 Å². The molecule has 7 heteroatoms. The van der Waals surface area contributed by atoms with Gasteiger partial charge in [-0.3, -0.25) is 4.79 Å². The summed E-state index contributed by atoms with van der Waals surface area (Å²) in [6.07, 6.45) is 1.16. The van der Waals surface area contributed by atoms with Crippen LogP contribution in [-0.2, 0) is 4.79 Å². The summed E-state index contributed by atoms with van der Waals surface area (Å²) in [6.45, 7) is 7.05. The first-order valence-corrected chi connectivity index (χ1v) is 8.39. The van der Waals surface area contributed by atoms with Gasteiger partial charge >= 0.3 is 0 Å². The van der Waals surface area contributed by atoms with Crippen LogP contribution in [0.15, 0.2) is 27.7 Å². The summed E-state index contributed by atoms with van der Waals surface area (Å²) in [5, 5.41) is 9.39. The Morgan fingerprint density at radius 2 is 2.13 bits per heavy atom. The van der Waals surface area contributed by atoms with Crippen molar-refractivity contribution in [1.82, 2.24) is 10.6 Å². The van der Waals surface area contributed by atoms with Crippen molar-refractivity contribution in [2.24, 2.45) is 10.9 Å². The maximum absolute atomic E-state index is 12.1. The molecule has 1 aromatic rings. The van der Waals surface area contributed by atoms with Gasteiger partial charge in [-0.2, -0.15) is 0 Å². The second kappa shape index (κ2) is 9.46. The zero-order chi connectivity index (χ0) is 16.1. The maximum Gasteiger partial charge on any atom is 0.246 e. The first-order valence-electron chi connectivity index (χ1n) is 7.60. The number of nitrogens with zero attached hydrogens (tertiary/aromatic N) is 1. The van der Waals surface area contributed by atoms with Gasteiger partial charge in [0.1, 0.15) is 6.54 Å². The zero-order valence-corrected chi connectivity index (χ0v) is 17.6.